The molecule has 0 saturated carbocycles. The van der Waals surface area contributed by atoms with E-state index in [0.717, 1.165) is 21.5 Å². The monoisotopic (exact) mass is 359 g/mol. The molecule has 5 heteroatoms. The Morgan fingerprint density at radius 3 is 2.81 bits per heavy atom. The normalized spacial score (nSPS) is 10.8. The fourth-order valence-electron chi connectivity index (χ4n) is 2.39. The molecule has 0 saturated heterocycles. The molecule has 0 unspecified atom stereocenters. The van der Waals surface area contributed by atoms with Crippen LogP contribution in [0.1, 0.15) is 17.0 Å². The number of alkyl halides is 1. The van der Waals surface area contributed by atoms with Crippen LogP contribution in [0.5, 0.6) is 0 Å². The van der Waals surface area contributed by atoms with Gasteiger partial charge < -0.3 is 0 Å². The number of nitriles is 1. The van der Waals surface area contributed by atoms with E-state index in [1.807, 2.05) is 41.8 Å². The van der Waals surface area contributed by atoms with Crippen molar-refractivity contribution < 1.29 is 0 Å². The molecule has 0 atom stereocenters. The zero-order valence-electron chi connectivity index (χ0n) is 11.3. The highest BCUT2D eigenvalue weighted by Gasteiger charge is 2.16. The zero-order chi connectivity index (χ0) is 15.0. The molecule has 3 aromatic rings. The first-order valence-electron chi connectivity index (χ1n) is 6.38. The summed E-state index contributed by atoms with van der Waals surface area (Å²) in [6.07, 6.45) is 0. The minimum atomic E-state index is 0.278. The van der Waals surface area contributed by atoms with Crippen molar-refractivity contribution in [1.29, 1.82) is 5.26 Å². The van der Waals surface area contributed by atoms with Crippen LogP contribution in [0, 0.1) is 18.3 Å². The molecule has 0 spiro atoms. The molecule has 0 aliphatic heterocycles. The fraction of sp³-hybridized carbons (Fsp3) is 0.125. The lowest BCUT2D eigenvalue weighted by atomic mass is 10.2. The number of fused-ring (bicyclic) bond motifs is 1. The molecule has 1 aromatic heterocycles. The molecular weight excluding hydrogens is 350 g/mol. The molecule has 1 heterocycles. The first-order valence-corrected chi connectivity index (χ1v) is 7.71. The van der Waals surface area contributed by atoms with Crippen molar-refractivity contribution >= 4 is 38.6 Å². The highest BCUT2D eigenvalue weighted by atomic mass is 79.9. The van der Waals surface area contributed by atoms with E-state index in [4.69, 9.17) is 11.6 Å². The van der Waals surface area contributed by atoms with Gasteiger partial charge in [0.1, 0.15) is 17.4 Å². The van der Waals surface area contributed by atoms with Gasteiger partial charge in [-0.3, -0.25) is 4.57 Å². The van der Waals surface area contributed by atoms with E-state index in [1.54, 1.807) is 6.07 Å². The topological polar surface area (TPSA) is 41.6 Å². The van der Waals surface area contributed by atoms with Gasteiger partial charge in [-0.25, -0.2) is 4.98 Å². The Kier molecular flexibility index (Phi) is 3.71. The maximum atomic E-state index is 9.23. The summed E-state index contributed by atoms with van der Waals surface area (Å²) in [6.45, 7) is 2.04. The lowest BCUT2D eigenvalue weighted by molar-refractivity contribution is 0.976. The summed E-state index contributed by atoms with van der Waals surface area (Å²) in [7, 11) is 0. The fourth-order valence-corrected chi connectivity index (χ4v) is 3.24. The Labute approximate surface area is 135 Å². The summed E-state index contributed by atoms with van der Waals surface area (Å²) in [5.74, 6) is 0.999. The Morgan fingerprint density at radius 2 is 2.14 bits per heavy atom. The van der Waals surface area contributed by atoms with Crippen molar-refractivity contribution in [2.45, 2.75) is 12.8 Å². The molecule has 104 valence electrons. The number of rotatable bonds is 2. The van der Waals surface area contributed by atoms with E-state index >= 15 is 0 Å². The average Bonchev–Trinajstić information content (AvgIpc) is 2.85. The van der Waals surface area contributed by atoms with Gasteiger partial charge in [-0.15, -0.1) is 11.6 Å². The van der Waals surface area contributed by atoms with Gasteiger partial charge in [0.25, 0.3) is 0 Å². The summed E-state index contributed by atoms with van der Waals surface area (Å²) >= 11 is 9.65. The summed E-state index contributed by atoms with van der Waals surface area (Å²) in [5, 5.41) is 9.23. The van der Waals surface area contributed by atoms with Crippen LogP contribution in [0.25, 0.3) is 16.7 Å². The molecule has 0 bridgehead atoms. The van der Waals surface area contributed by atoms with Gasteiger partial charge in [0.15, 0.2) is 0 Å². The van der Waals surface area contributed by atoms with Crippen molar-refractivity contribution in [2.24, 2.45) is 0 Å². The zero-order valence-corrected chi connectivity index (χ0v) is 13.6. The smallest absolute Gasteiger partial charge is 0.129 e. The highest BCUT2D eigenvalue weighted by Crippen LogP contribution is 2.29. The van der Waals surface area contributed by atoms with Gasteiger partial charge in [0.05, 0.1) is 22.6 Å². The maximum absolute atomic E-state index is 9.23. The number of aromatic nitrogens is 2. The summed E-state index contributed by atoms with van der Waals surface area (Å²) in [4.78, 5) is 4.53. The molecule has 2 aromatic carbocycles. The van der Waals surface area contributed by atoms with Crippen LogP contribution in [0.4, 0.5) is 0 Å². The van der Waals surface area contributed by atoms with Crippen LogP contribution in [0.15, 0.2) is 40.9 Å². The minimum absolute atomic E-state index is 0.278. The van der Waals surface area contributed by atoms with Gasteiger partial charge in [-0.1, -0.05) is 12.1 Å². The first-order chi connectivity index (χ1) is 10.2. The second-order valence-corrected chi connectivity index (χ2v) is 5.86. The van der Waals surface area contributed by atoms with Gasteiger partial charge in [0, 0.05) is 4.47 Å². The third-order valence-electron chi connectivity index (χ3n) is 3.34. The van der Waals surface area contributed by atoms with Crippen molar-refractivity contribution in [3.8, 4) is 11.8 Å². The van der Waals surface area contributed by atoms with Crippen LogP contribution in [-0.2, 0) is 5.88 Å². The highest BCUT2D eigenvalue weighted by molar-refractivity contribution is 9.10. The Hall–Kier alpha value is -1.83. The van der Waals surface area contributed by atoms with E-state index < -0.39 is 0 Å². The predicted octanol–water partition coefficient (Wildman–Crippen LogP) is 4.71. The number of benzene rings is 2. The van der Waals surface area contributed by atoms with E-state index in [2.05, 4.69) is 27.0 Å². The molecule has 0 aliphatic carbocycles. The molecule has 0 amide bonds. The predicted molar refractivity (Wildman–Crippen MR) is 87.8 cm³/mol. The number of imidazole rings is 1. The van der Waals surface area contributed by atoms with E-state index in [-0.39, 0.29) is 5.88 Å². The number of hydrogen-bond acceptors (Lipinski definition) is 2. The van der Waals surface area contributed by atoms with Crippen LogP contribution >= 0.6 is 27.5 Å². The van der Waals surface area contributed by atoms with Gasteiger partial charge in [0.2, 0.25) is 0 Å². The molecule has 3 nitrogen and oxygen atoms in total. The minimum Gasteiger partial charge on any atom is -0.294 e. The molecule has 0 aliphatic rings. The number of hydrogen-bond donors (Lipinski definition) is 0. The molecule has 0 fully saturated rings. The van der Waals surface area contributed by atoms with Crippen molar-refractivity contribution in [3.63, 3.8) is 0 Å². The van der Waals surface area contributed by atoms with Crippen LogP contribution < -0.4 is 0 Å². The van der Waals surface area contributed by atoms with E-state index in [1.165, 1.54) is 5.56 Å². The standard InChI is InChI=1S/C16H11BrClN3/c1-10-5-6-13(12(17)7-10)21-14-4-2-3-11(9-19)16(14)20-15(21)8-18/h2-7H,8H2,1H3. The van der Waals surface area contributed by atoms with E-state index in [0.29, 0.717) is 11.1 Å². The second kappa shape index (κ2) is 5.51. The SMILES string of the molecule is Cc1ccc(-n2c(CCl)nc3c(C#N)cccc32)c(Br)c1. The number of aryl methyl sites for hydroxylation is 1. The summed E-state index contributed by atoms with van der Waals surface area (Å²) in [5.41, 5.74) is 4.26. The maximum Gasteiger partial charge on any atom is 0.129 e. The Morgan fingerprint density at radius 1 is 1.33 bits per heavy atom. The van der Waals surface area contributed by atoms with Gasteiger partial charge in [-0.2, -0.15) is 5.26 Å². The van der Waals surface area contributed by atoms with Gasteiger partial charge in [-0.05, 0) is 52.7 Å². The molecule has 0 radical (unpaired) electrons. The number of nitrogens with zero attached hydrogens (tertiary/aromatic N) is 3. The van der Waals surface area contributed by atoms with Crippen LogP contribution in [-0.4, -0.2) is 9.55 Å². The summed E-state index contributed by atoms with van der Waals surface area (Å²) < 4.78 is 2.96. The number of halogens is 2. The summed E-state index contributed by atoms with van der Waals surface area (Å²) in [6, 6.07) is 13.9. The van der Waals surface area contributed by atoms with E-state index in [9.17, 15) is 5.26 Å². The van der Waals surface area contributed by atoms with Crippen molar-refractivity contribution in [1.82, 2.24) is 9.55 Å². The van der Waals surface area contributed by atoms with Crippen molar-refractivity contribution in [2.75, 3.05) is 0 Å². The molecular formula is C16H11BrClN3. The second-order valence-electron chi connectivity index (χ2n) is 4.74. The largest absolute Gasteiger partial charge is 0.294 e. The van der Waals surface area contributed by atoms with Crippen molar-refractivity contribution in [3.05, 3.63) is 57.8 Å². The average molecular weight is 361 g/mol. The number of para-hydroxylation sites is 1. The van der Waals surface area contributed by atoms with Crippen LogP contribution in [0.3, 0.4) is 0 Å². The van der Waals surface area contributed by atoms with Gasteiger partial charge >= 0.3 is 0 Å². The molecule has 0 N–H and O–H groups in total. The molecule has 21 heavy (non-hydrogen) atoms. The lowest BCUT2D eigenvalue weighted by Gasteiger charge is -2.10. The molecule has 3 rings (SSSR count). The third kappa shape index (κ3) is 2.33. The Balaban J connectivity index is 2.39. The Bertz CT molecular complexity index is 877. The quantitative estimate of drug-likeness (QED) is 0.621. The first kappa shape index (κ1) is 14.1. The lowest BCUT2D eigenvalue weighted by Crippen LogP contribution is -2.00. The third-order valence-corrected chi connectivity index (χ3v) is 4.21. The van der Waals surface area contributed by atoms with Crippen LogP contribution in [0.2, 0.25) is 0 Å².